The summed E-state index contributed by atoms with van der Waals surface area (Å²) in [5.41, 5.74) is 0. The van der Waals surface area contributed by atoms with Crippen LogP contribution in [0.4, 0.5) is 0 Å². The minimum Gasteiger partial charge on any atom is -0.380 e. The molecule has 0 aromatic carbocycles. The largest absolute Gasteiger partial charge is 0.380 e. The number of thioether (sulfide) groups is 1. The molecule has 0 aliphatic carbocycles. The third-order valence-electron chi connectivity index (χ3n) is 2.98. The molecule has 16 heavy (non-hydrogen) atoms. The molecule has 1 atom stereocenters. The molecule has 1 aliphatic heterocycles. The van der Waals surface area contributed by atoms with Crippen molar-refractivity contribution in [2.24, 2.45) is 10.9 Å². The van der Waals surface area contributed by atoms with Crippen molar-refractivity contribution in [1.82, 2.24) is 5.32 Å². The van der Waals surface area contributed by atoms with Gasteiger partial charge in [0.05, 0.1) is 13.2 Å². The molecule has 94 valence electrons. The molecule has 4 heteroatoms. The topological polar surface area (TPSA) is 33.6 Å². The molecule has 1 N–H and O–H groups in total. The number of hydrogen-bond donors (Lipinski definition) is 1. The molecule has 1 unspecified atom stereocenters. The van der Waals surface area contributed by atoms with E-state index in [4.69, 9.17) is 4.74 Å². The van der Waals surface area contributed by atoms with Crippen molar-refractivity contribution in [2.75, 3.05) is 26.3 Å². The van der Waals surface area contributed by atoms with Gasteiger partial charge in [0.2, 0.25) is 0 Å². The summed E-state index contributed by atoms with van der Waals surface area (Å²) < 4.78 is 5.28. The highest BCUT2D eigenvalue weighted by Crippen LogP contribution is 2.30. The maximum Gasteiger partial charge on any atom is 0.157 e. The lowest BCUT2D eigenvalue weighted by molar-refractivity contribution is 0.153. The van der Waals surface area contributed by atoms with Gasteiger partial charge < -0.3 is 10.1 Å². The zero-order valence-electron chi connectivity index (χ0n) is 10.7. The standard InChI is InChI=1S/C12H24N2OS/c1-4-10(5-2)11-9-14-12(16-11)13-7-8-15-6-3/h10-11H,4-9H2,1-3H3,(H,13,14). The van der Waals surface area contributed by atoms with Crippen LogP contribution in [0.5, 0.6) is 0 Å². The summed E-state index contributed by atoms with van der Waals surface area (Å²) in [4.78, 5) is 4.54. The Hall–Kier alpha value is -0.220. The molecule has 0 saturated carbocycles. The summed E-state index contributed by atoms with van der Waals surface area (Å²) in [7, 11) is 0. The Morgan fingerprint density at radius 1 is 1.44 bits per heavy atom. The number of rotatable bonds is 7. The van der Waals surface area contributed by atoms with Crippen molar-refractivity contribution in [3.8, 4) is 0 Å². The minimum atomic E-state index is 0.685. The van der Waals surface area contributed by atoms with E-state index in [2.05, 4.69) is 24.2 Å². The van der Waals surface area contributed by atoms with E-state index in [1.165, 1.54) is 12.8 Å². The molecule has 0 fully saturated rings. The van der Waals surface area contributed by atoms with Crippen molar-refractivity contribution >= 4 is 16.9 Å². The second-order valence-corrected chi connectivity index (χ2v) is 5.23. The molecule has 0 aromatic rings. The van der Waals surface area contributed by atoms with Crippen LogP contribution in [0.25, 0.3) is 0 Å². The normalized spacial score (nSPS) is 20.2. The van der Waals surface area contributed by atoms with E-state index in [0.717, 1.165) is 37.4 Å². The van der Waals surface area contributed by atoms with Crippen molar-refractivity contribution in [3.63, 3.8) is 0 Å². The molecule has 0 amide bonds. The number of aliphatic imine (C=N–C) groups is 1. The van der Waals surface area contributed by atoms with Gasteiger partial charge in [-0.15, -0.1) is 0 Å². The number of amidine groups is 1. The SMILES string of the molecule is CCOCCNC1=NCC(C(CC)CC)S1. The fourth-order valence-corrected chi connectivity index (χ4v) is 3.27. The highest BCUT2D eigenvalue weighted by molar-refractivity contribution is 8.14. The average Bonchev–Trinajstić information content (AvgIpc) is 2.75. The maximum absolute atomic E-state index is 5.28. The van der Waals surface area contributed by atoms with Crippen molar-refractivity contribution in [3.05, 3.63) is 0 Å². The van der Waals surface area contributed by atoms with Gasteiger partial charge >= 0.3 is 0 Å². The quantitative estimate of drug-likeness (QED) is 0.699. The molecule has 3 nitrogen and oxygen atoms in total. The van der Waals surface area contributed by atoms with Crippen LogP contribution < -0.4 is 5.32 Å². The first kappa shape index (κ1) is 13.8. The first-order valence-electron chi connectivity index (χ1n) is 6.34. The van der Waals surface area contributed by atoms with Crippen LogP contribution in [-0.2, 0) is 4.74 Å². The second-order valence-electron chi connectivity index (χ2n) is 4.00. The molecule has 0 saturated heterocycles. The zero-order chi connectivity index (χ0) is 11.8. The van der Waals surface area contributed by atoms with Gasteiger partial charge in [-0.3, -0.25) is 4.99 Å². The molecule has 0 aromatic heterocycles. The predicted molar refractivity (Wildman–Crippen MR) is 72.2 cm³/mol. The fraction of sp³-hybridized carbons (Fsp3) is 0.917. The van der Waals surface area contributed by atoms with E-state index in [9.17, 15) is 0 Å². The van der Waals surface area contributed by atoms with Gasteiger partial charge in [-0.05, 0) is 12.8 Å². The van der Waals surface area contributed by atoms with Crippen LogP contribution in [0.3, 0.4) is 0 Å². The van der Waals surface area contributed by atoms with Gasteiger partial charge in [-0.2, -0.15) is 0 Å². The van der Waals surface area contributed by atoms with Gasteiger partial charge in [-0.1, -0.05) is 38.5 Å². The highest BCUT2D eigenvalue weighted by atomic mass is 32.2. The van der Waals surface area contributed by atoms with Crippen LogP contribution >= 0.6 is 11.8 Å². The van der Waals surface area contributed by atoms with Gasteiger partial charge in [0.15, 0.2) is 5.17 Å². The summed E-state index contributed by atoms with van der Waals surface area (Å²) in [5, 5.41) is 5.13. The summed E-state index contributed by atoms with van der Waals surface area (Å²) >= 11 is 1.91. The summed E-state index contributed by atoms with van der Waals surface area (Å²) in [6, 6.07) is 0. The number of ether oxygens (including phenoxy) is 1. The number of nitrogens with zero attached hydrogens (tertiary/aromatic N) is 1. The highest BCUT2D eigenvalue weighted by Gasteiger charge is 2.25. The van der Waals surface area contributed by atoms with E-state index < -0.39 is 0 Å². The molecule has 0 spiro atoms. The van der Waals surface area contributed by atoms with Crippen LogP contribution in [0, 0.1) is 5.92 Å². The fourth-order valence-electron chi connectivity index (χ4n) is 1.92. The lowest BCUT2D eigenvalue weighted by Gasteiger charge is -2.18. The monoisotopic (exact) mass is 244 g/mol. The average molecular weight is 244 g/mol. The Kier molecular flexibility index (Phi) is 6.88. The minimum absolute atomic E-state index is 0.685. The second kappa shape index (κ2) is 7.96. The molecule has 1 rings (SSSR count). The first-order valence-corrected chi connectivity index (χ1v) is 7.22. The maximum atomic E-state index is 5.28. The third kappa shape index (κ3) is 4.34. The Labute approximate surface area is 103 Å². The van der Waals surface area contributed by atoms with E-state index in [-0.39, 0.29) is 0 Å². The number of hydrogen-bond acceptors (Lipinski definition) is 4. The molecule has 0 bridgehead atoms. The lowest BCUT2D eigenvalue weighted by Crippen LogP contribution is -2.25. The van der Waals surface area contributed by atoms with Crippen molar-refractivity contribution < 1.29 is 4.74 Å². The van der Waals surface area contributed by atoms with Crippen LogP contribution in [0.15, 0.2) is 4.99 Å². The van der Waals surface area contributed by atoms with Crippen molar-refractivity contribution in [2.45, 2.75) is 38.9 Å². The Morgan fingerprint density at radius 2 is 2.19 bits per heavy atom. The molecular weight excluding hydrogens is 220 g/mol. The smallest absolute Gasteiger partial charge is 0.157 e. The lowest BCUT2D eigenvalue weighted by atomic mass is 9.99. The third-order valence-corrected chi connectivity index (χ3v) is 4.31. The number of nitrogens with one attached hydrogen (secondary N) is 1. The van der Waals surface area contributed by atoms with Gasteiger partial charge in [0.25, 0.3) is 0 Å². The summed E-state index contributed by atoms with van der Waals surface area (Å²) in [5.74, 6) is 0.806. The van der Waals surface area contributed by atoms with E-state index >= 15 is 0 Å². The Bertz CT molecular complexity index is 217. The molecule has 0 radical (unpaired) electrons. The molecular formula is C12H24N2OS. The van der Waals surface area contributed by atoms with E-state index in [0.29, 0.717) is 5.25 Å². The van der Waals surface area contributed by atoms with Gasteiger partial charge in [-0.25, -0.2) is 0 Å². The first-order chi connectivity index (χ1) is 7.81. The van der Waals surface area contributed by atoms with Crippen LogP contribution in [0.2, 0.25) is 0 Å². The van der Waals surface area contributed by atoms with E-state index in [1.807, 2.05) is 18.7 Å². The van der Waals surface area contributed by atoms with E-state index in [1.54, 1.807) is 0 Å². The van der Waals surface area contributed by atoms with Gasteiger partial charge in [0, 0.05) is 18.4 Å². The Balaban J connectivity index is 2.18. The van der Waals surface area contributed by atoms with Crippen molar-refractivity contribution in [1.29, 1.82) is 0 Å². The van der Waals surface area contributed by atoms with Crippen LogP contribution in [0.1, 0.15) is 33.6 Å². The molecule has 1 aliphatic rings. The molecule has 1 heterocycles. The zero-order valence-corrected chi connectivity index (χ0v) is 11.5. The Morgan fingerprint density at radius 3 is 2.81 bits per heavy atom. The summed E-state index contributed by atoms with van der Waals surface area (Å²) in [6.45, 7) is 9.97. The van der Waals surface area contributed by atoms with Crippen LogP contribution in [-0.4, -0.2) is 36.7 Å². The predicted octanol–water partition coefficient (Wildman–Crippen LogP) is 2.52. The van der Waals surface area contributed by atoms with Gasteiger partial charge in [0.1, 0.15) is 0 Å². The summed E-state index contributed by atoms with van der Waals surface area (Å²) in [6.07, 6.45) is 2.52.